The van der Waals surface area contributed by atoms with Gasteiger partial charge in [0.25, 0.3) is 0 Å². The summed E-state index contributed by atoms with van der Waals surface area (Å²) in [6, 6.07) is 26.5. The van der Waals surface area contributed by atoms with E-state index in [0.717, 1.165) is 28.1 Å². The van der Waals surface area contributed by atoms with Crippen LogP contribution >= 0.6 is 11.6 Å². The Labute approximate surface area is 158 Å². The number of benzene rings is 3. The normalized spacial score (nSPS) is 10.8. The summed E-state index contributed by atoms with van der Waals surface area (Å²) >= 11 is 6.13. The summed E-state index contributed by atoms with van der Waals surface area (Å²) < 4.78 is 6.15. The molecular weight excluding hydrogens is 342 g/mol. The van der Waals surface area contributed by atoms with Crippen molar-refractivity contribution in [2.24, 2.45) is 0 Å². The Morgan fingerprint density at radius 1 is 0.769 bits per heavy atom. The van der Waals surface area contributed by atoms with Crippen LogP contribution in [0.25, 0.3) is 33.9 Å². The van der Waals surface area contributed by atoms with Gasteiger partial charge < -0.3 is 4.42 Å². The first-order valence-corrected chi connectivity index (χ1v) is 9.08. The van der Waals surface area contributed by atoms with Crippen molar-refractivity contribution in [3.8, 4) is 33.9 Å². The molecule has 0 spiro atoms. The van der Waals surface area contributed by atoms with Gasteiger partial charge in [0, 0.05) is 11.1 Å². The van der Waals surface area contributed by atoms with E-state index in [0.29, 0.717) is 11.8 Å². The number of hydrogen-bond acceptors (Lipinski definition) is 2. The van der Waals surface area contributed by atoms with Crippen molar-refractivity contribution in [3.05, 3.63) is 90.1 Å². The summed E-state index contributed by atoms with van der Waals surface area (Å²) in [5.41, 5.74) is 6.23. The molecular formula is C23H18ClNO. The average Bonchev–Trinajstić information content (AvgIpc) is 3.14. The molecule has 1 heterocycles. The second kappa shape index (κ2) is 7.19. The summed E-state index contributed by atoms with van der Waals surface area (Å²) in [7, 11) is 0. The smallest absolute Gasteiger partial charge is 0.227 e. The molecule has 128 valence electrons. The lowest BCUT2D eigenvalue weighted by molar-refractivity contribution is 0.587. The van der Waals surface area contributed by atoms with Crippen molar-refractivity contribution in [3.63, 3.8) is 0 Å². The maximum absolute atomic E-state index is 6.15. The largest absolute Gasteiger partial charge is 0.436 e. The van der Waals surface area contributed by atoms with Crippen molar-refractivity contribution in [1.29, 1.82) is 0 Å². The molecule has 4 rings (SSSR count). The van der Waals surface area contributed by atoms with Gasteiger partial charge in [0.15, 0.2) is 5.76 Å². The number of halogens is 1. The zero-order chi connectivity index (χ0) is 17.9. The minimum absolute atomic E-state index is 0.311. The molecule has 2 nitrogen and oxygen atoms in total. The lowest BCUT2D eigenvalue weighted by Crippen LogP contribution is -1.89. The van der Waals surface area contributed by atoms with Gasteiger partial charge in [-0.25, -0.2) is 4.98 Å². The summed E-state index contributed by atoms with van der Waals surface area (Å²) in [6.07, 6.45) is 0. The molecule has 0 aliphatic heterocycles. The molecule has 0 bridgehead atoms. The van der Waals surface area contributed by atoms with Crippen molar-refractivity contribution < 1.29 is 4.42 Å². The van der Waals surface area contributed by atoms with Gasteiger partial charge in [-0.2, -0.15) is 0 Å². The lowest BCUT2D eigenvalue weighted by atomic mass is 9.96. The minimum Gasteiger partial charge on any atom is -0.436 e. The van der Waals surface area contributed by atoms with Crippen molar-refractivity contribution in [1.82, 2.24) is 4.98 Å². The standard InChI is InChI=1S/C23H18ClNO/c1-16-19(17-9-4-2-5-10-17)13-8-14-20(16)23-25-21(15-24)22(26-23)18-11-6-3-7-12-18/h2-14H,15H2,1H3. The topological polar surface area (TPSA) is 26.0 Å². The minimum atomic E-state index is 0.311. The Bertz CT molecular complexity index is 1020. The molecule has 0 saturated carbocycles. The molecule has 0 unspecified atom stereocenters. The third-order valence-electron chi connectivity index (χ3n) is 4.51. The van der Waals surface area contributed by atoms with E-state index >= 15 is 0 Å². The molecule has 3 heteroatoms. The van der Waals surface area contributed by atoms with Gasteiger partial charge in [-0.15, -0.1) is 11.6 Å². The van der Waals surface area contributed by atoms with Gasteiger partial charge >= 0.3 is 0 Å². The van der Waals surface area contributed by atoms with E-state index in [9.17, 15) is 0 Å². The molecule has 0 saturated heterocycles. The fourth-order valence-electron chi connectivity index (χ4n) is 3.17. The first kappa shape index (κ1) is 16.6. The Balaban J connectivity index is 1.83. The zero-order valence-corrected chi connectivity index (χ0v) is 15.2. The molecule has 0 radical (unpaired) electrons. The first-order chi connectivity index (χ1) is 12.8. The average molecular weight is 360 g/mol. The molecule has 0 atom stereocenters. The van der Waals surface area contributed by atoms with Crippen molar-refractivity contribution in [2.75, 3.05) is 0 Å². The molecule has 0 aliphatic rings. The van der Waals surface area contributed by atoms with E-state index in [-0.39, 0.29) is 0 Å². The predicted molar refractivity (Wildman–Crippen MR) is 107 cm³/mol. The number of hydrogen-bond donors (Lipinski definition) is 0. The van der Waals surface area contributed by atoms with Crippen LogP contribution < -0.4 is 0 Å². The van der Waals surface area contributed by atoms with Gasteiger partial charge in [0.1, 0.15) is 5.69 Å². The quantitative estimate of drug-likeness (QED) is 0.378. The van der Waals surface area contributed by atoms with Crippen LogP contribution in [0.15, 0.2) is 83.3 Å². The second-order valence-electron chi connectivity index (χ2n) is 6.14. The van der Waals surface area contributed by atoms with Gasteiger partial charge in [0.2, 0.25) is 5.89 Å². The molecule has 1 aromatic heterocycles. The predicted octanol–water partition coefficient (Wildman–Crippen LogP) is 6.72. The zero-order valence-electron chi connectivity index (χ0n) is 14.4. The van der Waals surface area contributed by atoms with Crippen molar-refractivity contribution in [2.45, 2.75) is 12.8 Å². The second-order valence-corrected chi connectivity index (χ2v) is 6.41. The fourth-order valence-corrected chi connectivity index (χ4v) is 3.35. The number of oxazole rings is 1. The van der Waals surface area contributed by atoms with E-state index in [1.807, 2.05) is 60.7 Å². The van der Waals surface area contributed by atoms with Crippen LogP contribution in [-0.2, 0) is 5.88 Å². The molecule has 0 fully saturated rings. The highest BCUT2D eigenvalue weighted by atomic mass is 35.5. The number of alkyl halides is 1. The van der Waals surface area contributed by atoms with Gasteiger partial charge in [-0.3, -0.25) is 0 Å². The Morgan fingerprint density at radius 3 is 2.04 bits per heavy atom. The Hall–Kier alpha value is -2.84. The monoisotopic (exact) mass is 359 g/mol. The maximum atomic E-state index is 6.15. The molecule has 0 amide bonds. The number of aromatic nitrogens is 1. The summed E-state index contributed by atoms with van der Waals surface area (Å²) in [4.78, 5) is 4.67. The molecule has 26 heavy (non-hydrogen) atoms. The summed E-state index contributed by atoms with van der Waals surface area (Å²) in [5.74, 6) is 1.65. The van der Waals surface area contributed by atoms with E-state index in [2.05, 4.69) is 30.1 Å². The molecule has 3 aromatic carbocycles. The maximum Gasteiger partial charge on any atom is 0.227 e. The highest BCUT2D eigenvalue weighted by Gasteiger charge is 2.18. The van der Waals surface area contributed by atoms with E-state index in [1.54, 1.807) is 0 Å². The van der Waals surface area contributed by atoms with Crippen LogP contribution in [0.4, 0.5) is 0 Å². The highest BCUT2D eigenvalue weighted by molar-refractivity contribution is 6.17. The van der Waals surface area contributed by atoms with Gasteiger partial charge in [-0.1, -0.05) is 72.8 Å². The van der Waals surface area contributed by atoms with Gasteiger partial charge in [0.05, 0.1) is 5.88 Å². The van der Waals surface area contributed by atoms with E-state index < -0.39 is 0 Å². The summed E-state index contributed by atoms with van der Waals surface area (Å²) in [6.45, 7) is 2.10. The fraction of sp³-hybridized carbons (Fsp3) is 0.0870. The van der Waals surface area contributed by atoms with Crippen LogP contribution in [0.5, 0.6) is 0 Å². The first-order valence-electron chi connectivity index (χ1n) is 8.54. The molecule has 0 N–H and O–H groups in total. The van der Waals surface area contributed by atoms with Crippen LogP contribution in [0.2, 0.25) is 0 Å². The summed E-state index contributed by atoms with van der Waals surface area (Å²) in [5, 5.41) is 0. The van der Waals surface area contributed by atoms with E-state index in [1.165, 1.54) is 11.1 Å². The van der Waals surface area contributed by atoms with Crippen LogP contribution in [-0.4, -0.2) is 4.98 Å². The van der Waals surface area contributed by atoms with Crippen LogP contribution in [0.1, 0.15) is 11.3 Å². The van der Waals surface area contributed by atoms with Gasteiger partial charge in [-0.05, 0) is 29.7 Å². The molecule has 4 aromatic rings. The lowest BCUT2D eigenvalue weighted by Gasteiger charge is -2.09. The molecule has 0 aliphatic carbocycles. The van der Waals surface area contributed by atoms with Crippen LogP contribution in [0.3, 0.4) is 0 Å². The third kappa shape index (κ3) is 3.04. The van der Waals surface area contributed by atoms with E-state index in [4.69, 9.17) is 16.0 Å². The SMILES string of the molecule is Cc1c(-c2ccccc2)cccc1-c1nc(CCl)c(-c2ccccc2)o1. The third-order valence-corrected chi connectivity index (χ3v) is 4.76. The highest BCUT2D eigenvalue weighted by Crippen LogP contribution is 2.35. The van der Waals surface area contributed by atoms with Crippen LogP contribution in [0, 0.1) is 6.92 Å². The van der Waals surface area contributed by atoms with Crippen molar-refractivity contribution >= 4 is 11.6 Å². The number of rotatable bonds is 4. The Kier molecular flexibility index (Phi) is 4.59. The Morgan fingerprint density at radius 2 is 1.38 bits per heavy atom. The number of nitrogens with zero attached hydrogens (tertiary/aromatic N) is 1.